The number of carbonyl (C=O) groups is 2. The Morgan fingerprint density at radius 3 is 2.54 bits per heavy atom. The molecule has 1 heterocycles. The van der Waals surface area contributed by atoms with Crippen molar-refractivity contribution in [3.8, 4) is 0 Å². The summed E-state index contributed by atoms with van der Waals surface area (Å²) in [6.45, 7) is 0.498. The highest BCUT2D eigenvalue weighted by Gasteiger charge is 2.18. The van der Waals surface area contributed by atoms with E-state index in [4.69, 9.17) is 4.42 Å². The first-order valence-corrected chi connectivity index (χ1v) is 9.62. The third-order valence-corrected chi connectivity index (χ3v) is 5.50. The van der Waals surface area contributed by atoms with Crippen molar-refractivity contribution < 1.29 is 14.0 Å². The Labute approximate surface area is 164 Å². The van der Waals surface area contributed by atoms with Crippen molar-refractivity contribution in [2.45, 2.75) is 32.2 Å². The van der Waals surface area contributed by atoms with Gasteiger partial charge in [-0.15, -0.1) is 0 Å². The SMILES string of the molecule is CNC(=O)c1ccc(CN(C)C(=O)Cc2coc3cc4c(cc23)CCC4)cc1. The zero-order valence-electron chi connectivity index (χ0n) is 16.2. The normalized spacial score (nSPS) is 12.8. The lowest BCUT2D eigenvalue weighted by molar-refractivity contribution is -0.129. The highest BCUT2D eigenvalue weighted by atomic mass is 16.3. The predicted molar refractivity (Wildman–Crippen MR) is 108 cm³/mol. The van der Waals surface area contributed by atoms with Crippen LogP contribution in [0.2, 0.25) is 0 Å². The van der Waals surface area contributed by atoms with Crippen LogP contribution in [0.15, 0.2) is 47.1 Å². The zero-order valence-corrected chi connectivity index (χ0v) is 16.2. The molecule has 0 fully saturated rings. The highest BCUT2D eigenvalue weighted by Crippen LogP contribution is 2.30. The number of furan rings is 1. The van der Waals surface area contributed by atoms with E-state index in [9.17, 15) is 9.59 Å². The van der Waals surface area contributed by atoms with Crippen LogP contribution in [0.4, 0.5) is 0 Å². The summed E-state index contributed by atoms with van der Waals surface area (Å²) in [6, 6.07) is 11.6. The Morgan fingerprint density at radius 1 is 1.11 bits per heavy atom. The summed E-state index contributed by atoms with van der Waals surface area (Å²) in [4.78, 5) is 26.1. The average Bonchev–Trinajstić information content (AvgIpc) is 3.32. The molecule has 0 radical (unpaired) electrons. The number of benzene rings is 2. The second-order valence-electron chi connectivity index (χ2n) is 7.43. The summed E-state index contributed by atoms with van der Waals surface area (Å²) < 4.78 is 5.71. The fourth-order valence-corrected chi connectivity index (χ4v) is 3.85. The molecule has 0 bridgehead atoms. The van der Waals surface area contributed by atoms with Crippen LogP contribution >= 0.6 is 0 Å². The standard InChI is InChI=1S/C23H24N2O3/c1-24-23(27)16-8-6-15(7-9-16)13-25(2)22(26)12-19-14-28-21-11-18-5-3-4-17(18)10-20(19)21/h6-11,14H,3-5,12-13H2,1-2H3,(H,24,27). The van der Waals surface area contributed by atoms with Gasteiger partial charge in [0.05, 0.1) is 12.7 Å². The van der Waals surface area contributed by atoms with Crippen LogP contribution in [0, 0.1) is 0 Å². The van der Waals surface area contributed by atoms with E-state index in [1.54, 1.807) is 37.4 Å². The number of hydrogen-bond donors (Lipinski definition) is 1. The number of aryl methyl sites for hydroxylation is 2. The highest BCUT2D eigenvalue weighted by molar-refractivity contribution is 5.94. The molecule has 1 aliphatic rings. The monoisotopic (exact) mass is 376 g/mol. The lowest BCUT2D eigenvalue weighted by Gasteiger charge is -2.17. The Kier molecular flexibility index (Phi) is 4.90. The van der Waals surface area contributed by atoms with Crippen LogP contribution in [0.3, 0.4) is 0 Å². The van der Waals surface area contributed by atoms with Gasteiger partial charge in [-0.05, 0) is 60.2 Å². The molecular weight excluding hydrogens is 352 g/mol. The second kappa shape index (κ2) is 7.50. The zero-order chi connectivity index (χ0) is 19.7. The van der Waals surface area contributed by atoms with Gasteiger partial charge in [0.2, 0.25) is 5.91 Å². The van der Waals surface area contributed by atoms with E-state index >= 15 is 0 Å². The number of likely N-dealkylation sites (N-methyl/N-ethyl adjacent to an activating group) is 1. The molecule has 0 unspecified atom stereocenters. The van der Waals surface area contributed by atoms with Crippen molar-refractivity contribution in [3.63, 3.8) is 0 Å². The number of rotatable bonds is 5. The molecule has 1 N–H and O–H groups in total. The summed E-state index contributed by atoms with van der Waals surface area (Å²) in [5.41, 5.74) is 6.16. The Bertz CT molecular complexity index is 1030. The van der Waals surface area contributed by atoms with Crippen LogP contribution in [0.25, 0.3) is 11.0 Å². The molecule has 144 valence electrons. The van der Waals surface area contributed by atoms with Gasteiger partial charge >= 0.3 is 0 Å². The molecule has 0 aliphatic heterocycles. The van der Waals surface area contributed by atoms with Crippen molar-refractivity contribution in [1.82, 2.24) is 10.2 Å². The van der Waals surface area contributed by atoms with Crippen LogP contribution in [0.5, 0.6) is 0 Å². The molecule has 0 atom stereocenters. The number of amides is 2. The molecule has 3 aromatic rings. The van der Waals surface area contributed by atoms with E-state index in [-0.39, 0.29) is 11.8 Å². The lowest BCUT2D eigenvalue weighted by atomic mass is 10.0. The van der Waals surface area contributed by atoms with Crippen molar-refractivity contribution in [2.24, 2.45) is 0 Å². The second-order valence-corrected chi connectivity index (χ2v) is 7.43. The number of hydrogen-bond acceptors (Lipinski definition) is 3. The molecule has 2 amide bonds. The van der Waals surface area contributed by atoms with Crippen molar-refractivity contribution >= 4 is 22.8 Å². The predicted octanol–water partition coefficient (Wildman–Crippen LogP) is 3.48. The summed E-state index contributed by atoms with van der Waals surface area (Å²) in [6.07, 6.45) is 5.44. The summed E-state index contributed by atoms with van der Waals surface area (Å²) in [5.74, 6) is -0.0760. The Hall–Kier alpha value is -3.08. The van der Waals surface area contributed by atoms with E-state index in [0.29, 0.717) is 18.5 Å². The first kappa shape index (κ1) is 18.3. The first-order chi connectivity index (χ1) is 13.5. The maximum Gasteiger partial charge on any atom is 0.251 e. The van der Waals surface area contributed by atoms with E-state index < -0.39 is 0 Å². The van der Waals surface area contributed by atoms with Gasteiger partial charge in [0, 0.05) is 37.2 Å². The minimum Gasteiger partial charge on any atom is -0.464 e. The van der Waals surface area contributed by atoms with E-state index in [0.717, 1.165) is 34.9 Å². The minimum absolute atomic E-state index is 0.0403. The van der Waals surface area contributed by atoms with Gasteiger partial charge in [0.15, 0.2) is 0 Å². The smallest absolute Gasteiger partial charge is 0.251 e. The van der Waals surface area contributed by atoms with Gasteiger partial charge in [0.1, 0.15) is 5.58 Å². The van der Waals surface area contributed by atoms with Crippen LogP contribution < -0.4 is 5.32 Å². The number of nitrogens with zero attached hydrogens (tertiary/aromatic N) is 1. The van der Waals surface area contributed by atoms with Gasteiger partial charge < -0.3 is 14.6 Å². The first-order valence-electron chi connectivity index (χ1n) is 9.62. The fourth-order valence-electron chi connectivity index (χ4n) is 3.85. The summed E-state index contributed by atoms with van der Waals surface area (Å²) in [5, 5.41) is 3.66. The van der Waals surface area contributed by atoms with E-state index in [2.05, 4.69) is 17.4 Å². The van der Waals surface area contributed by atoms with Gasteiger partial charge in [0.25, 0.3) is 5.91 Å². The number of carbonyl (C=O) groups excluding carboxylic acids is 2. The van der Waals surface area contributed by atoms with Crippen molar-refractivity contribution in [2.75, 3.05) is 14.1 Å². The largest absolute Gasteiger partial charge is 0.464 e. The summed E-state index contributed by atoms with van der Waals surface area (Å²) in [7, 11) is 3.41. The number of nitrogens with one attached hydrogen (secondary N) is 1. The fraction of sp³-hybridized carbons (Fsp3) is 0.304. The Morgan fingerprint density at radius 2 is 1.82 bits per heavy atom. The maximum atomic E-state index is 12.7. The molecular formula is C23H24N2O3. The minimum atomic E-state index is -0.116. The number of fused-ring (bicyclic) bond motifs is 2. The molecule has 4 rings (SSSR count). The van der Waals surface area contributed by atoms with Crippen LogP contribution in [-0.2, 0) is 30.6 Å². The molecule has 0 saturated heterocycles. The van der Waals surface area contributed by atoms with Crippen molar-refractivity contribution in [3.05, 3.63) is 70.5 Å². The maximum absolute atomic E-state index is 12.7. The third-order valence-electron chi connectivity index (χ3n) is 5.50. The van der Waals surface area contributed by atoms with Crippen molar-refractivity contribution in [1.29, 1.82) is 0 Å². The molecule has 28 heavy (non-hydrogen) atoms. The third kappa shape index (κ3) is 3.52. The quantitative estimate of drug-likeness (QED) is 0.742. The van der Waals surface area contributed by atoms with Gasteiger partial charge in [-0.3, -0.25) is 9.59 Å². The van der Waals surface area contributed by atoms with Gasteiger partial charge in [-0.25, -0.2) is 0 Å². The molecule has 2 aromatic carbocycles. The molecule has 5 nitrogen and oxygen atoms in total. The van der Waals surface area contributed by atoms with Gasteiger partial charge in [-0.1, -0.05) is 12.1 Å². The topological polar surface area (TPSA) is 62.6 Å². The van der Waals surface area contributed by atoms with Gasteiger partial charge in [-0.2, -0.15) is 0 Å². The van der Waals surface area contributed by atoms with E-state index in [1.807, 2.05) is 12.1 Å². The van der Waals surface area contributed by atoms with Crippen LogP contribution in [-0.4, -0.2) is 30.8 Å². The average molecular weight is 376 g/mol. The van der Waals surface area contributed by atoms with Crippen LogP contribution in [0.1, 0.15) is 39.0 Å². The molecule has 1 aromatic heterocycles. The molecule has 1 aliphatic carbocycles. The molecule has 0 saturated carbocycles. The molecule has 0 spiro atoms. The Balaban J connectivity index is 1.45. The lowest BCUT2D eigenvalue weighted by Crippen LogP contribution is -2.27. The molecule has 5 heteroatoms. The summed E-state index contributed by atoms with van der Waals surface area (Å²) >= 11 is 0. The van der Waals surface area contributed by atoms with E-state index in [1.165, 1.54) is 17.5 Å².